The van der Waals surface area contributed by atoms with Crippen molar-refractivity contribution in [1.82, 2.24) is 5.43 Å². The van der Waals surface area contributed by atoms with Crippen LogP contribution in [0.1, 0.15) is 11.6 Å². The second-order valence-corrected chi connectivity index (χ2v) is 3.05. The minimum atomic E-state index is -1.05. The minimum absolute atomic E-state index is 0.159. The van der Waals surface area contributed by atoms with E-state index in [0.717, 1.165) is 0 Å². The number of benzene rings is 1. The molecule has 6 nitrogen and oxygen atoms in total. The largest absolute Gasteiger partial charge is 0.480 e. The van der Waals surface area contributed by atoms with Gasteiger partial charge in [0.05, 0.1) is 0 Å². The van der Waals surface area contributed by atoms with Crippen LogP contribution >= 0.6 is 0 Å². The normalized spacial score (nSPS) is 15.0. The van der Waals surface area contributed by atoms with Gasteiger partial charge in [-0.05, 0) is 17.7 Å². The molecule has 2 rings (SSSR count). The maximum Gasteiger partial charge on any atom is 0.326 e. The van der Waals surface area contributed by atoms with Crippen LogP contribution < -0.4 is 20.7 Å². The van der Waals surface area contributed by atoms with Gasteiger partial charge in [-0.2, -0.15) is 0 Å². The highest BCUT2D eigenvalue weighted by molar-refractivity contribution is 5.75. The molecule has 6 heteroatoms. The number of rotatable bonds is 3. The van der Waals surface area contributed by atoms with E-state index in [2.05, 4.69) is 5.43 Å². The summed E-state index contributed by atoms with van der Waals surface area (Å²) in [7, 11) is 0. The zero-order chi connectivity index (χ0) is 10.8. The lowest BCUT2D eigenvalue weighted by Gasteiger charge is -2.11. The van der Waals surface area contributed by atoms with Gasteiger partial charge in [0.2, 0.25) is 6.79 Å². The summed E-state index contributed by atoms with van der Waals surface area (Å²) in [6.45, 7) is 0.159. The number of carboxylic acid groups (broad SMARTS) is 1. The molecule has 15 heavy (non-hydrogen) atoms. The summed E-state index contributed by atoms with van der Waals surface area (Å²) in [5, 5.41) is 8.86. The number of hydrogen-bond acceptors (Lipinski definition) is 5. The van der Waals surface area contributed by atoms with Gasteiger partial charge in [0, 0.05) is 0 Å². The van der Waals surface area contributed by atoms with Gasteiger partial charge < -0.3 is 14.6 Å². The highest BCUT2D eigenvalue weighted by Gasteiger charge is 2.21. The highest BCUT2D eigenvalue weighted by Crippen LogP contribution is 2.34. The van der Waals surface area contributed by atoms with Crippen molar-refractivity contribution in [3.63, 3.8) is 0 Å². The molecule has 0 radical (unpaired) electrons. The molecule has 1 atom stereocenters. The maximum atomic E-state index is 10.8. The van der Waals surface area contributed by atoms with Crippen LogP contribution in [0.3, 0.4) is 0 Å². The quantitative estimate of drug-likeness (QED) is 0.480. The third-order valence-corrected chi connectivity index (χ3v) is 2.14. The molecule has 0 bridgehead atoms. The predicted molar refractivity (Wildman–Crippen MR) is 50.3 cm³/mol. The first-order valence-electron chi connectivity index (χ1n) is 4.31. The van der Waals surface area contributed by atoms with E-state index in [9.17, 15) is 4.79 Å². The molecule has 1 aromatic carbocycles. The first-order valence-corrected chi connectivity index (χ1v) is 4.31. The Morgan fingerprint density at radius 3 is 2.87 bits per heavy atom. The number of carbonyl (C=O) groups is 1. The Balaban J connectivity index is 2.32. The summed E-state index contributed by atoms with van der Waals surface area (Å²) in [6.07, 6.45) is 0. The number of ether oxygens (including phenoxy) is 2. The van der Waals surface area contributed by atoms with Crippen LogP contribution in [0.25, 0.3) is 0 Å². The summed E-state index contributed by atoms with van der Waals surface area (Å²) in [4.78, 5) is 10.8. The van der Waals surface area contributed by atoms with E-state index in [-0.39, 0.29) is 6.79 Å². The van der Waals surface area contributed by atoms with Gasteiger partial charge in [0.1, 0.15) is 6.04 Å². The Morgan fingerprint density at radius 1 is 1.47 bits per heavy atom. The summed E-state index contributed by atoms with van der Waals surface area (Å²) in [5.41, 5.74) is 2.74. The van der Waals surface area contributed by atoms with E-state index >= 15 is 0 Å². The van der Waals surface area contributed by atoms with Crippen LogP contribution in [0.5, 0.6) is 11.5 Å². The molecule has 0 fully saturated rings. The van der Waals surface area contributed by atoms with Gasteiger partial charge in [-0.15, -0.1) is 0 Å². The van der Waals surface area contributed by atoms with E-state index in [1.165, 1.54) is 0 Å². The fraction of sp³-hybridized carbons (Fsp3) is 0.222. The molecule has 0 spiro atoms. The maximum absolute atomic E-state index is 10.8. The van der Waals surface area contributed by atoms with Crippen molar-refractivity contribution in [2.45, 2.75) is 6.04 Å². The number of aliphatic carboxylic acids is 1. The van der Waals surface area contributed by atoms with Crippen LogP contribution in [0.2, 0.25) is 0 Å². The molecule has 0 saturated carbocycles. The standard InChI is InChI=1S/C9H10N2O4/c10-11-8(9(12)13)5-1-2-6-7(3-5)15-4-14-6/h1-3,8,11H,4,10H2,(H,12,13). The molecule has 80 valence electrons. The number of hydrogen-bond donors (Lipinski definition) is 3. The molecular formula is C9H10N2O4. The second-order valence-electron chi connectivity index (χ2n) is 3.05. The summed E-state index contributed by atoms with van der Waals surface area (Å²) < 4.78 is 10.2. The van der Waals surface area contributed by atoms with E-state index in [1.54, 1.807) is 18.2 Å². The van der Waals surface area contributed by atoms with Crippen molar-refractivity contribution in [2.75, 3.05) is 6.79 Å². The molecule has 1 heterocycles. The van der Waals surface area contributed by atoms with Crippen molar-refractivity contribution >= 4 is 5.97 Å². The summed E-state index contributed by atoms with van der Waals surface area (Å²) in [6, 6.07) is 3.94. The number of fused-ring (bicyclic) bond motifs is 1. The third kappa shape index (κ3) is 1.72. The van der Waals surface area contributed by atoms with E-state index in [0.29, 0.717) is 17.1 Å². The van der Waals surface area contributed by atoms with Gasteiger partial charge in [0.15, 0.2) is 11.5 Å². The van der Waals surface area contributed by atoms with Crippen LogP contribution in [-0.4, -0.2) is 17.9 Å². The summed E-state index contributed by atoms with van der Waals surface area (Å²) >= 11 is 0. The number of hydrazine groups is 1. The van der Waals surface area contributed by atoms with E-state index in [4.69, 9.17) is 20.4 Å². The Bertz CT molecular complexity index is 394. The minimum Gasteiger partial charge on any atom is -0.480 e. The topological polar surface area (TPSA) is 93.8 Å². The molecule has 0 aliphatic carbocycles. The molecule has 1 unspecified atom stereocenters. The Kier molecular flexibility index (Phi) is 2.44. The van der Waals surface area contributed by atoms with E-state index in [1.807, 2.05) is 0 Å². The first kappa shape index (κ1) is 9.75. The van der Waals surface area contributed by atoms with Gasteiger partial charge in [-0.1, -0.05) is 6.07 Å². The van der Waals surface area contributed by atoms with Gasteiger partial charge >= 0.3 is 5.97 Å². The molecule has 0 saturated heterocycles. The predicted octanol–water partition coefficient (Wildman–Crippen LogP) is 0.00430. The average Bonchev–Trinajstić information content (AvgIpc) is 2.65. The van der Waals surface area contributed by atoms with Crippen molar-refractivity contribution in [3.8, 4) is 11.5 Å². The average molecular weight is 210 g/mol. The smallest absolute Gasteiger partial charge is 0.326 e. The third-order valence-electron chi connectivity index (χ3n) is 2.14. The Hall–Kier alpha value is -1.79. The number of nitrogens with two attached hydrogens (primary N) is 1. The molecule has 1 aliphatic rings. The first-order chi connectivity index (χ1) is 7.22. The lowest BCUT2D eigenvalue weighted by atomic mass is 10.1. The van der Waals surface area contributed by atoms with Crippen LogP contribution in [0.15, 0.2) is 18.2 Å². The SMILES string of the molecule is NNC(C(=O)O)c1ccc2c(c1)OCO2. The van der Waals surface area contributed by atoms with Crippen LogP contribution in [0, 0.1) is 0 Å². The molecule has 1 aromatic rings. The molecular weight excluding hydrogens is 200 g/mol. The summed E-state index contributed by atoms with van der Waals surface area (Å²) in [5.74, 6) is 5.25. The van der Waals surface area contributed by atoms with E-state index < -0.39 is 12.0 Å². The fourth-order valence-electron chi connectivity index (χ4n) is 1.40. The van der Waals surface area contributed by atoms with Gasteiger partial charge in [-0.3, -0.25) is 10.6 Å². The fourth-order valence-corrected chi connectivity index (χ4v) is 1.40. The zero-order valence-corrected chi connectivity index (χ0v) is 7.77. The van der Waals surface area contributed by atoms with Crippen molar-refractivity contribution < 1.29 is 19.4 Å². The monoisotopic (exact) mass is 210 g/mol. The lowest BCUT2D eigenvalue weighted by Crippen LogP contribution is -2.33. The molecule has 0 amide bonds. The highest BCUT2D eigenvalue weighted by atomic mass is 16.7. The lowest BCUT2D eigenvalue weighted by molar-refractivity contribution is -0.139. The van der Waals surface area contributed by atoms with Gasteiger partial charge in [-0.25, -0.2) is 5.43 Å². The van der Waals surface area contributed by atoms with Crippen molar-refractivity contribution in [3.05, 3.63) is 23.8 Å². The van der Waals surface area contributed by atoms with Crippen LogP contribution in [0.4, 0.5) is 0 Å². The van der Waals surface area contributed by atoms with Crippen LogP contribution in [-0.2, 0) is 4.79 Å². The number of carboxylic acids is 1. The Morgan fingerprint density at radius 2 is 2.20 bits per heavy atom. The number of nitrogens with one attached hydrogen (secondary N) is 1. The molecule has 0 aromatic heterocycles. The molecule has 4 N–H and O–H groups in total. The van der Waals surface area contributed by atoms with Crippen molar-refractivity contribution in [1.29, 1.82) is 0 Å². The second kappa shape index (κ2) is 3.76. The Labute approximate surface area is 85.6 Å². The van der Waals surface area contributed by atoms with Gasteiger partial charge in [0.25, 0.3) is 0 Å². The zero-order valence-electron chi connectivity index (χ0n) is 7.77. The molecule has 1 aliphatic heterocycles. The van der Waals surface area contributed by atoms with Crippen molar-refractivity contribution in [2.24, 2.45) is 5.84 Å².